The summed E-state index contributed by atoms with van der Waals surface area (Å²) in [7, 11) is 1.63. The molecule has 1 atom stereocenters. The summed E-state index contributed by atoms with van der Waals surface area (Å²) < 4.78 is 16.8. The fourth-order valence-corrected chi connectivity index (χ4v) is 4.50. The average molecular weight is 456 g/mol. The van der Waals surface area contributed by atoms with E-state index in [9.17, 15) is 9.59 Å². The van der Waals surface area contributed by atoms with Crippen LogP contribution in [0.3, 0.4) is 0 Å². The normalized spacial score (nSPS) is 14.9. The van der Waals surface area contributed by atoms with Crippen molar-refractivity contribution in [1.29, 1.82) is 0 Å². The highest BCUT2D eigenvalue weighted by atomic mass is 16.5. The zero-order chi connectivity index (χ0) is 23.7. The number of nitrogens with zero attached hydrogens (tertiary/aromatic N) is 1. The van der Waals surface area contributed by atoms with Gasteiger partial charge in [-0.15, -0.1) is 0 Å². The van der Waals surface area contributed by atoms with Gasteiger partial charge in [0.15, 0.2) is 5.43 Å². The van der Waals surface area contributed by atoms with Crippen molar-refractivity contribution in [3.8, 4) is 11.5 Å². The molecule has 172 valence electrons. The maximum absolute atomic E-state index is 13.5. The lowest BCUT2D eigenvalue weighted by Gasteiger charge is -2.25. The van der Waals surface area contributed by atoms with Crippen LogP contribution in [-0.4, -0.2) is 31.1 Å². The first-order chi connectivity index (χ1) is 16.6. The molecule has 4 aromatic rings. The Morgan fingerprint density at radius 3 is 2.32 bits per heavy atom. The molecular formula is C28H25NO5. The molecule has 0 aliphatic carbocycles. The lowest BCUT2D eigenvalue weighted by molar-refractivity contribution is 0.0730. The third-order valence-electron chi connectivity index (χ3n) is 6.18. The van der Waals surface area contributed by atoms with Crippen LogP contribution in [0.1, 0.15) is 40.2 Å². The molecule has 3 aromatic carbocycles. The standard InChI is InChI=1S/C28H25NO5/c1-3-33-21-14-10-19(11-15-21)25-24-26(30)22-6-4-5-7-23(22)34-27(24)28(31)29(25)17-16-18-8-12-20(32-2)13-9-18/h4-15,25H,3,16-17H2,1-2H3. The summed E-state index contributed by atoms with van der Waals surface area (Å²) in [5, 5.41) is 0.474. The number of methoxy groups -OCH3 is 1. The Morgan fingerprint density at radius 1 is 0.912 bits per heavy atom. The molecule has 1 aliphatic rings. The second-order valence-electron chi connectivity index (χ2n) is 8.17. The minimum Gasteiger partial charge on any atom is -0.497 e. The van der Waals surface area contributed by atoms with Gasteiger partial charge in [0.05, 0.1) is 30.7 Å². The van der Waals surface area contributed by atoms with E-state index in [1.807, 2.05) is 55.5 Å². The van der Waals surface area contributed by atoms with Crippen molar-refractivity contribution >= 4 is 16.9 Å². The summed E-state index contributed by atoms with van der Waals surface area (Å²) in [5.74, 6) is 1.37. The van der Waals surface area contributed by atoms with Crippen molar-refractivity contribution in [2.24, 2.45) is 0 Å². The minimum absolute atomic E-state index is 0.123. The predicted octanol–water partition coefficient (Wildman–Crippen LogP) is 4.99. The third kappa shape index (κ3) is 3.81. The van der Waals surface area contributed by atoms with Crippen LogP contribution in [0, 0.1) is 0 Å². The summed E-state index contributed by atoms with van der Waals surface area (Å²) in [6, 6.07) is 21.8. The number of carbonyl (C=O) groups is 1. The number of rotatable bonds is 7. The Balaban J connectivity index is 1.56. The summed E-state index contributed by atoms with van der Waals surface area (Å²) in [6.07, 6.45) is 0.630. The molecular weight excluding hydrogens is 430 g/mol. The zero-order valence-electron chi connectivity index (χ0n) is 19.1. The van der Waals surface area contributed by atoms with Crippen molar-refractivity contribution in [1.82, 2.24) is 4.90 Å². The van der Waals surface area contributed by atoms with Gasteiger partial charge in [0.1, 0.15) is 17.1 Å². The van der Waals surface area contributed by atoms with Crippen molar-refractivity contribution in [2.45, 2.75) is 19.4 Å². The van der Waals surface area contributed by atoms with Crippen molar-refractivity contribution < 1.29 is 18.7 Å². The second-order valence-corrected chi connectivity index (χ2v) is 8.17. The van der Waals surface area contributed by atoms with E-state index in [2.05, 4.69) is 0 Å². The number of carbonyl (C=O) groups excluding carboxylic acids is 1. The van der Waals surface area contributed by atoms with Gasteiger partial charge in [0, 0.05) is 6.54 Å². The van der Waals surface area contributed by atoms with E-state index in [0.29, 0.717) is 36.1 Å². The molecule has 1 amide bonds. The number of ether oxygens (including phenoxy) is 2. The van der Waals surface area contributed by atoms with Gasteiger partial charge in [-0.3, -0.25) is 9.59 Å². The van der Waals surface area contributed by atoms with E-state index in [0.717, 1.165) is 22.6 Å². The van der Waals surface area contributed by atoms with Gasteiger partial charge in [0.25, 0.3) is 5.91 Å². The lowest BCUT2D eigenvalue weighted by Crippen LogP contribution is -2.31. The summed E-state index contributed by atoms with van der Waals surface area (Å²) >= 11 is 0. The SMILES string of the molecule is CCOc1ccc(C2c3c(oc4ccccc4c3=O)C(=O)N2CCc2ccc(OC)cc2)cc1. The molecule has 1 aromatic heterocycles. The summed E-state index contributed by atoms with van der Waals surface area (Å²) in [4.78, 5) is 28.8. The Labute approximate surface area is 197 Å². The Bertz CT molecular complexity index is 1390. The molecule has 6 heteroatoms. The molecule has 0 saturated heterocycles. The van der Waals surface area contributed by atoms with Gasteiger partial charge in [-0.25, -0.2) is 0 Å². The van der Waals surface area contributed by atoms with E-state index in [1.54, 1.807) is 36.3 Å². The average Bonchev–Trinajstić information content (AvgIpc) is 3.15. The molecule has 0 bridgehead atoms. The van der Waals surface area contributed by atoms with Crippen molar-refractivity contribution in [3.05, 3.63) is 105 Å². The van der Waals surface area contributed by atoms with E-state index in [4.69, 9.17) is 13.9 Å². The Kier molecular flexibility index (Phi) is 5.80. The van der Waals surface area contributed by atoms with Crippen LogP contribution in [0.4, 0.5) is 0 Å². The zero-order valence-corrected chi connectivity index (χ0v) is 19.1. The molecule has 0 spiro atoms. The van der Waals surface area contributed by atoms with Crippen LogP contribution >= 0.6 is 0 Å². The highest BCUT2D eigenvalue weighted by molar-refractivity contribution is 5.99. The third-order valence-corrected chi connectivity index (χ3v) is 6.18. The first-order valence-corrected chi connectivity index (χ1v) is 11.3. The highest BCUT2D eigenvalue weighted by Gasteiger charge is 2.42. The molecule has 34 heavy (non-hydrogen) atoms. The maximum Gasteiger partial charge on any atom is 0.290 e. The summed E-state index contributed by atoms with van der Waals surface area (Å²) in [6.45, 7) is 2.92. The first-order valence-electron chi connectivity index (χ1n) is 11.3. The molecule has 6 nitrogen and oxygen atoms in total. The van der Waals surface area contributed by atoms with E-state index in [1.165, 1.54) is 0 Å². The number of hydrogen-bond acceptors (Lipinski definition) is 5. The van der Waals surface area contributed by atoms with Gasteiger partial charge in [-0.05, 0) is 60.9 Å². The van der Waals surface area contributed by atoms with Crippen LogP contribution in [0.5, 0.6) is 11.5 Å². The molecule has 0 saturated carbocycles. The smallest absolute Gasteiger partial charge is 0.290 e. The molecule has 1 unspecified atom stereocenters. The monoisotopic (exact) mass is 455 g/mol. The predicted molar refractivity (Wildman–Crippen MR) is 130 cm³/mol. The van der Waals surface area contributed by atoms with Crippen LogP contribution < -0.4 is 14.9 Å². The molecule has 0 N–H and O–H groups in total. The van der Waals surface area contributed by atoms with Crippen LogP contribution in [0.2, 0.25) is 0 Å². The quantitative estimate of drug-likeness (QED) is 0.393. The summed E-state index contributed by atoms with van der Waals surface area (Å²) in [5.41, 5.74) is 2.55. The largest absolute Gasteiger partial charge is 0.497 e. The number of benzene rings is 3. The van der Waals surface area contributed by atoms with E-state index in [-0.39, 0.29) is 17.1 Å². The topological polar surface area (TPSA) is 69.0 Å². The molecule has 5 rings (SSSR count). The van der Waals surface area contributed by atoms with Gasteiger partial charge >= 0.3 is 0 Å². The maximum atomic E-state index is 13.5. The van der Waals surface area contributed by atoms with Crippen LogP contribution in [-0.2, 0) is 6.42 Å². The van der Waals surface area contributed by atoms with Gasteiger partial charge in [-0.2, -0.15) is 0 Å². The highest BCUT2D eigenvalue weighted by Crippen LogP contribution is 2.38. The molecule has 0 fully saturated rings. The van der Waals surface area contributed by atoms with E-state index >= 15 is 0 Å². The van der Waals surface area contributed by atoms with Crippen molar-refractivity contribution in [3.63, 3.8) is 0 Å². The lowest BCUT2D eigenvalue weighted by atomic mass is 9.98. The minimum atomic E-state index is -0.530. The van der Waals surface area contributed by atoms with Crippen LogP contribution in [0.25, 0.3) is 11.0 Å². The van der Waals surface area contributed by atoms with Gasteiger partial charge in [-0.1, -0.05) is 36.4 Å². The Hall–Kier alpha value is -4.06. The molecule has 1 aliphatic heterocycles. The second kappa shape index (κ2) is 9.06. The number of fused-ring (bicyclic) bond motifs is 2. The molecule has 2 heterocycles. The molecule has 0 radical (unpaired) electrons. The fraction of sp³-hybridized carbons (Fsp3) is 0.214. The number of amides is 1. The fourth-order valence-electron chi connectivity index (χ4n) is 4.50. The first kappa shape index (κ1) is 21.8. The Morgan fingerprint density at radius 2 is 1.62 bits per heavy atom. The van der Waals surface area contributed by atoms with Crippen LogP contribution in [0.15, 0.2) is 82.0 Å². The number of hydrogen-bond donors (Lipinski definition) is 0. The number of para-hydroxylation sites is 1. The van der Waals surface area contributed by atoms with Crippen molar-refractivity contribution in [2.75, 3.05) is 20.3 Å². The van der Waals surface area contributed by atoms with Gasteiger partial charge < -0.3 is 18.8 Å². The van der Waals surface area contributed by atoms with E-state index < -0.39 is 6.04 Å². The van der Waals surface area contributed by atoms with Gasteiger partial charge in [0.2, 0.25) is 5.76 Å².